The molecule has 18 heavy (non-hydrogen) atoms. The van der Waals surface area contributed by atoms with Gasteiger partial charge in [0.25, 0.3) is 0 Å². The van der Waals surface area contributed by atoms with Crippen LogP contribution in [-0.4, -0.2) is 5.78 Å². The summed E-state index contributed by atoms with van der Waals surface area (Å²) in [6.07, 6.45) is 0. The molecule has 0 aliphatic carbocycles. The van der Waals surface area contributed by atoms with Gasteiger partial charge in [0.1, 0.15) is 11.7 Å². The molecule has 0 spiro atoms. The lowest BCUT2D eigenvalue weighted by molar-refractivity contribution is 0.0950. The Morgan fingerprint density at radius 3 is 2.72 bits per heavy atom. The van der Waals surface area contributed by atoms with Gasteiger partial charge in [0.2, 0.25) is 5.78 Å². The van der Waals surface area contributed by atoms with Crippen molar-refractivity contribution in [2.24, 2.45) is 0 Å². The van der Waals surface area contributed by atoms with Crippen LogP contribution in [0.25, 0.3) is 0 Å². The van der Waals surface area contributed by atoms with E-state index in [0.717, 1.165) is 0 Å². The van der Waals surface area contributed by atoms with E-state index >= 15 is 0 Å². The van der Waals surface area contributed by atoms with Gasteiger partial charge in [-0.3, -0.25) is 4.79 Å². The van der Waals surface area contributed by atoms with Crippen molar-refractivity contribution in [1.29, 1.82) is 5.26 Å². The predicted molar refractivity (Wildman–Crippen MR) is 67.6 cm³/mol. The Morgan fingerprint density at radius 2 is 2.17 bits per heavy atom. The molecule has 0 aliphatic heterocycles. The van der Waals surface area contributed by atoms with Crippen LogP contribution in [0.15, 0.2) is 40.8 Å². The van der Waals surface area contributed by atoms with Crippen LogP contribution in [-0.2, 0) is 0 Å². The van der Waals surface area contributed by atoms with E-state index in [1.165, 1.54) is 0 Å². The molecule has 1 aromatic carbocycles. The van der Waals surface area contributed by atoms with E-state index in [9.17, 15) is 4.79 Å². The van der Waals surface area contributed by atoms with E-state index in [2.05, 4.69) is 0 Å². The maximum atomic E-state index is 12.1. The van der Waals surface area contributed by atoms with Gasteiger partial charge in [-0.25, -0.2) is 0 Å². The molecule has 0 aliphatic rings. The first-order valence-electron chi connectivity index (χ1n) is 5.37. The fourth-order valence-corrected chi connectivity index (χ4v) is 1.88. The Balaban J connectivity index is 2.35. The zero-order valence-electron chi connectivity index (χ0n) is 9.68. The van der Waals surface area contributed by atoms with Gasteiger partial charge in [-0.15, -0.1) is 0 Å². The minimum atomic E-state index is -0.894. The number of ketones is 1. The number of halogens is 1. The van der Waals surface area contributed by atoms with Crippen LogP contribution in [0.3, 0.4) is 0 Å². The molecule has 1 aromatic heterocycles. The number of carbonyl (C=O) groups excluding carboxylic acids is 1. The Kier molecular flexibility index (Phi) is 3.50. The first-order valence-corrected chi connectivity index (χ1v) is 5.75. The average Bonchev–Trinajstić information content (AvgIpc) is 2.77. The third kappa shape index (κ3) is 2.44. The quantitative estimate of drug-likeness (QED) is 0.789. The normalized spacial score (nSPS) is 11.8. The Hall–Kier alpha value is -2.05. The second-order valence-electron chi connectivity index (χ2n) is 3.89. The van der Waals surface area contributed by atoms with Gasteiger partial charge >= 0.3 is 0 Å². The molecule has 1 unspecified atom stereocenters. The molecule has 0 bridgehead atoms. The van der Waals surface area contributed by atoms with Crippen molar-refractivity contribution >= 4 is 17.4 Å². The maximum absolute atomic E-state index is 12.1. The van der Waals surface area contributed by atoms with E-state index in [4.69, 9.17) is 21.3 Å². The van der Waals surface area contributed by atoms with Gasteiger partial charge in [0.05, 0.1) is 6.07 Å². The Morgan fingerprint density at radius 1 is 1.39 bits per heavy atom. The number of hydrogen-bond acceptors (Lipinski definition) is 3. The lowest BCUT2D eigenvalue weighted by atomic mass is 9.95. The van der Waals surface area contributed by atoms with Crippen molar-refractivity contribution in [2.45, 2.75) is 12.8 Å². The van der Waals surface area contributed by atoms with E-state index < -0.39 is 5.92 Å². The van der Waals surface area contributed by atoms with Gasteiger partial charge in [0, 0.05) is 5.02 Å². The number of aryl methyl sites for hydroxylation is 1. The number of nitrogens with zero attached hydrogens (tertiary/aromatic N) is 1. The standard InChI is InChI=1S/C14H10ClNO2/c1-9-5-6-13(18-9)14(17)12(8-16)10-3-2-4-11(15)7-10/h2-7,12H,1H3. The zero-order valence-corrected chi connectivity index (χ0v) is 10.4. The summed E-state index contributed by atoms with van der Waals surface area (Å²) in [7, 11) is 0. The average molecular weight is 260 g/mol. The van der Waals surface area contributed by atoms with Crippen molar-refractivity contribution in [1.82, 2.24) is 0 Å². The van der Waals surface area contributed by atoms with Crippen molar-refractivity contribution in [2.75, 3.05) is 0 Å². The molecule has 2 rings (SSSR count). The Bertz CT molecular complexity index is 625. The first-order chi connectivity index (χ1) is 8.61. The molecule has 0 N–H and O–H groups in total. The van der Waals surface area contributed by atoms with Gasteiger partial charge in [0.15, 0.2) is 5.76 Å². The minimum Gasteiger partial charge on any atom is -0.458 e. The molecule has 0 radical (unpaired) electrons. The first kappa shape index (κ1) is 12.4. The molecule has 2 aromatic rings. The number of benzene rings is 1. The summed E-state index contributed by atoms with van der Waals surface area (Å²) < 4.78 is 5.25. The number of Topliss-reactive ketones (excluding diaryl/α,β-unsaturated/α-hetero) is 1. The smallest absolute Gasteiger partial charge is 0.219 e. The third-order valence-electron chi connectivity index (χ3n) is 2.56. The number of hydrogen-bond donors (Lipinski definition) is 0. The molecule has 1 atom stereocenters. The molecule has 3 nitrogen and oxygen atoms in total. The fourth-order valence-electron chi connectivity index (χ4n) is 1.68. The molecular formula is C14H10ClNO2. The SMILES string of the molecule is Cc1ccc(C(=O)C(C#N)c2cccc(Cl)c2)o1. The molecular weight excluding hydrogens is 250 g/mol. The highest BCUT2D eigenvalue weighted by molar-refractivity contribution is 6.30. The number of furan rings is 1. The van der Waals surface area contributed by atoms with Crippen LogP contribution in [0.2, 0.25) is 5.02 Å². The number of carbonyl (C=O) groups is 1. The van der Waals surface area contributed by atoms with Crippen LogP contribution in [0.5, 0.6) is 0 Å². The summed E-state index contributed by atoms with van der Waals surface area (Å²) in [5.41, 5.74) is 0.573. The zero-order chi connectivity index (χ0) is 13.1. The second kappa shape index (κ2) is 5.07. The van der Waals surface area contributed by atoms with Crippen LogP contribution in [0.1, 0.15) is 27.8 Å². The van der Waals surface area contributed by atoms with Gasteiger partial charge < -0.3 is 4.42 Å². The van der Waals surface area contributed by atoms with Crippen LogP contribution in [0, 0.1) is 18.3 Å². The summed E-state index contributed by atoms with van der Waals surface area (Å²) in [5.74, 6) is -0.415. The van der Waals surface area contributed by atoms with Crippen LogP contribution in [0.4, 0.5) is 0 Å². The lowest BCUT2D eigenvalue weighted by Gasteiger charge is -2.06. The highest BCUT2D eigenvalue weighted by Crippen LogP contribution is 2.23. The number of nitriles is 1. The van der Waals surface area contributed by atoms with E-state index in [0.29, 0.717) is 16.3 Å². The molecule has 4 heteroatoms. The minimum absolute atomic E-state index is 0.194. The van der Waals surface area contributed by atoms with Gasteiger partial charge in [-0.1, -0.05) is 23.7 Å². The maximum Gasteiger partial charge on any atom is 0.219 e. The summed E-state index contributed by atoms with van der Waals surface area (Å²) in [6.45, 7) is 1.75. The molecule has 1 heterocycles. The summed E-state index contributed by atoms with van der Waals surface area (Å²) in [4.78, 5) is 12.1. The third-order valence-corrected chi connectivity index (χ3v) is 2.79. The molecule has 0 amide bonds. The fraction of sp³-hybridized carbons (Fsp3) is 0.143. The molecule has 90 valence electrons. The van der Waals surface area contributed by atoms with Crippen molar-refractivity contribution in [3.05, 3.63) is 58.5 Å². The van der Waals surface area contributed by atoms with Gasteiger partial charge in [-0.2, -0.15) is 5.26 Å². The second-order valence-corrected chi connectivity index (χ2v) is 4.33. The number of rotatable bonds is 3. The Labute approximate surface area is 110 Å². The molecule has 0 saturated carbocycles. The summed E-state index contributed by atoms with van der Waals surface area (Å²) in [6, 6.07) is 12.0. The molecule has 0 saturated heterocycles. The topological polar surface area (TPSA) is 54.0 Å². The monoisotopic (exact) mass is 259 g/mol. The van der Waals surface area contributed by atoms with Crippen LogP contribution >= 0.6 is 11.6 Å². The van der Waals surface area contributed by atoms with E-state index in [1.54, 1.807) is 43.3 Å². The van der Waals surface area contributed by atoms with Crippen LogP contribution < -0.4 is 0 Å². The van der Waals surface area contributed by atoms with Crippen molar-refractivity contribution < 1.29 is 9.21 Å². The van der Waals surface area contributed by atoms with Gasteiger partial charge in [-0.05, 0) is 36.8 Å². The molecule has 0 fully saturated rings. The lowest BCUT2D eigenvalue weighted by Crippen LogP contribution is -2.10. The summed E-state index contributed by atoms with van der Waals surface area (Å²) in [5, 5.41) is 9.65. The highest BCUT2D eigenvalue weighted by Gasteiger charge is 2.24. The van der Waals surface area contributed by atoms with E-state index in [-0.39, 0.29) is 11.5 Å². The summed E-state index contributed by atoms with van der Waals surface area (Å²) >= 11 is 5.86. The predicted octanol–water partition coefficient (Wildman–Crippen LogP) is 3.73. The van der Waals surface area contributed by atoms with E-state index in [1.807, 2.05) is 6.07 Å². The van der Waals surface area contributed by atoms with Crippen molar-refractivity contribution in [3.63, 3.8) is 0 Å². The largest absolute Gasteiger partial charge is 0.458 e. The van der Waals surface area contributed by atoms with Crippen molar-refractivity contribution in [3.8, 4) is 6.07 Å². The highest BCUT2D eigenvalue weighted by atomic mass is 35.5.